The van der Waals surface area contributed by atoms with Gasteiger partial charge in [0.25, 0.3) is 11.8 Å². The van der Waals surface area contributed by atoms with Gasteiger partial charge in [0.2, 0.25) is 0 Å². The fourth-order valence-electron chi connectivity index (χ4n) is 5.68. The van der Waals surface area contributed by atoms with Crippen molar-refractivity contribution in [3.05, 3.63) is 23.8 Å². The van der Waals surface area contributed by atoms with Crippen LogP contribution in [-0.2, 0) is 9.59 Å². The van der Waals surface area contributed by atoms with Gasteiger partial charge in [0, 0.05) is 13.2 Å². The van der Waals surface area contributed by atoms with Crippen molar-refractivity contribution >= 4 is 11.8 Å². The molecule has 0 saturated heterocycles. The number of hydrogen-bond donors (Lipinski definition) is 4. The predicted molar refractivity (Wildman–Crippen MR) is 181 cm³/mol. The summed E-state index contributed by atoms with van der Waals surface area (Å²) in [5, 5.41) is 22.7. The summed E-state index contributed by atoms with van der Waals surface area (Å²) in [6, 6.07) is -0.722. The van der Waals surface area contributed by atoms with Gasteiger partial charge in [-0.15, -0.1) is 0 Å². The van der Waals surface area contributed by atoms with Crippen LogP contribution in [0.4, 0.5) is 8.78 Å². The lowest BCUT2D eigenvalue weighted by Crippen LogP contribution is -2.35. The third-order valence-corrected chi connectivity index (χ3v) is 8.73. The van der Waals surface area contributed by atoms with Gasteiger partial charge in [-0.2, -0.15) is 0 Å². The summed E-state index contributed by atoms with van der Waals surface area (Å²) in [5.74, 6) is -3.11. The van der Waals surface area contributed by atoms with Gasteiger partial charge in [-0.05, 0) is 57.1 Å². The lowest BCUT2D eigenvalue weighted by molar-refractivity contribution is -0.120. The smallest absolute Gasteiger partial charge is 0.279 e. The fraction of sp³-hybridized carbons (Fsp3) is 0.838. The van der Waals surface area contributed by atoms with E-state index in [-0.39, 0.29) is 12.1 Å². The highest BCUT2D eigenvalue weighted by Crippen LogP contribution is 2.23. The van der Waals surface area contributed by atoms with E-state index in [4.69, 9.17) is 10.2 Å². The molecule has 1 aliphatic carbocycles. The maximum atomic E-state index is 14.2. The minimum atomic E-state index is -0.789. The van der Waals surface area contributed by atoms with Crippen molar-refractivity contribution in [1.82, 2.24) is 10.6 Å². The van der Waals surface area contributed by atoms with E-state index in [9.17, 15) is 18.4 Å². The maximum Gasteiger partial charge on any atom is 0.279 e. The molecule has 45 heavy (non-hydrogen) atoms. The predicted octanol–water partition coefficient (Wildman–Crippen LogP) is 9.19. The van der Waals surface area contributed by atoms with Crippen LogP contribution in [-0.4, -0.2) is 47.3 Å². The van der Waals surface area contributed by atoms with Crippen LogP contribution in [0.15, 0.2) is 23.8 Å². The first kappa shape index (κ1) is 41.2. The molecule has 0 radical (unpaired) electrons. The highest BCUT2D eigenvalue weighted by molar-refractivity contribution is 5.93. The minimum absolute atomic E-state index is 0.301. The number of halogens is 2. The summed E-state index contributed by atoms with van der Waals surface area (Å²) in [5.41, 5.74) is 0. The summed E-state index contributed by atoms with van der Waals surface area (Å²) >= 11 is 0. The molecule has 0 bridgehead atoms. The number of nitrogens with one attached hydrogen (secondary N) is 2. The average molecular weight is 641 g/mol. The molecule has 1 aliphatic rings. The molecular weight excluding hydrogens is 574 g/mol. The molecular formula is C37H66F2N2O4. The zero-order chi connectivity index (χ0) is 32.8. The van der Waals surface area contributed by atoms with E-state index < -0.39 is 23.5 Å². The summed E-state index contributed by atoms with van der Waals surface area (Å²) < 4.78 is 28.4. The molecule has 0 aromatic heterocycles. The lowest BCUT2D eigenvalue weighted by atomic mass is 10.0. The summed E-state index contributed by atoms with van der Waals surface area (Å²) in [6.45, 7) is 0.603. The van der Waals surface area contributed by atoms with Crippen LogP contribution in [0, 0.1) is 0 Å². The number of unbranched alkanes of at least 4 members (excludes halogenated alkanes) is 24. The molecule has 6 nitrogen and oxygen atoms in total. The molecule has 0 spiro atoms. The maximum absolute atomic E-state index is 14.2. The molecule has 2 atom stereocenters. The first-order chi connectivity index (χ1) is 22.0. The van der Waals surface area contributed by atoms with Crippen molar-refractivity contribution in [3.63, 3.8) is 0 Å². The zero-order valence-electron chi connectivity index (χ0n) is 28.3. The summed E-state index contributed by atoms with van der Waals surface area (Å²) in [6.07, 6.45) is 31.7. The molecule has 2 amide bonds. The molecule has 1 fully saturated rings. The molecule has 0 aliphatic heterocycles. The molecule has 0 heterocycles. The number of aliphatic hydroxyl groups is 2. The Bertz CT molecular complexity index is 741. The Morgan fingerprint density at radius 3 is 0.978 bits per heavy atom. The highest BCUT2D eigenvalue weighted by Gasteiger charge is 2.40. The Morgan fingerprint density at radius 2 is 0.711 bits per heavy atom. The van der Waals surface area contributed by atoms with Gasteiger partial charge in [0.1, 0.15) is 0 Å². The molecule has 0 aromatic rings. The number of aliphatic hydroxyl groups excluding tert-OH is 2. The Kier molecular flexibility index (Phi) is 27.1. The van der Waals surface area contributed by atoms with E-state index in [0.29, 0.717) is 32.5 Å². The zero-order valence-corrected chi connectivity index (χ0v) is 28.3. The van der Waals surface area contributed by atoms with Crippen LogP contribution in [0.3, 0.4) is 0 Å². The minimum Gasteiger partial charge on any atom is -0.396 e. The standard InChI is InChI=1S/C37H66F2N2O4/c38-32(27-23-19-15-11-7-3-1-5-9-13-17-21-25-29-42)36(44)40-34-31-35(34)41-37(45)33(39)28-24-20-16-12-8-4-2-6-10-14-18-22-26-30-43/h27-28,34-35,42-43H,1-26,29-31H2,(H,40,44)(H,41,45)/b32-27-,33-28-/t34-,35+. The largest absolute Gasteiger partial charge is 0.396 e. The monoisotopic (exact) mass is 640 g/mol. The number of carbonyl (C=O) groups is 2. The third-order valence-electron chi connectivity index (χ3n) is 8.73. The van der Waals surface area contributed by atoms with E-state index in [0.717, 1.165) is 64.2 Å². The average Bonchev–Trinajstić information content (AvgIpc) is 3.77. The van der Waals surface area contributed by atoms with Gasteiger partial charge in [0.05, 0.1) is 12.1 Å². The lowest BCUT2D eigenvalue weighted by Gasteiger charge is -2.05. The molecule has 4 N–H and O–H groups in total. The second-order valence-corrected chi connectivity index (χ2v) is 13.0. The molecule has 1 saturated carbocycles. The van der Waals surface area contributed by atoms with Crippen LogP contribution >= 0.6 is 0 Å². The van der Waals surface area contributed by atoms with Crippen molar-refractivity contribution in [2.45, 2.75) is 185 Å². The van der Waals surface area contributed by atoms with Crippen LogP contribution in [0.5, 0.6) is 0 Å². The summed E-state index contributed by atoms with van der Waals surface area (Å²) in [7, 11) is 0. The number of allylic oxidation sites excluding steroid dienone is 2. The van der Waals surface area contributed by atoms with E-state index in [1.807, 2.05) is 0 Å². The Labute approximate surface area is 273 Å². The topological polar surface area (TPSA) is 98.7 Å². The number of rotatable bonds is 32. The van der Waals surface area contributed by atoms with Crippen molar-refractivity contribution < 1.29 is 28.6 Å². The van der Waals surface area contributed by atoms with Crippen LogP contribution in [0.2, 0.25) is 0 Å². The van der Waals surface area contributed by atoms with Crippen molar-refractivity contribution in [3.8, 4) is 0 Å². The SMILES string of the molecule is O=C(N[C@H]1C[C@H]1NC(=O)/C(F)=C/CCCCCCCCCCCCCCO)/C(F)=C/CCCCCCCCCCCCCCO. The first-order valence-electron chi connectivity index (χ1n) is 18.5. The summed E-state index contributed by atoms with van der Waals surface area (Å²) in [4.78, 5) is 24.2. The van der Waals surface area contributed by atoms with Crippen LogP contribution < -0.4 is 10.6 Å². The van der Waals surface area contributed by atoms with Gasteiger partial charge in [-0.1, -0.05) is 128 Å². The van der Waals surface area contributed by atoms with Crippen molar-refractivity contribution in [1.29, 1.82) is 0 Å². The van der Waals surface area contributed by atoms with E-state index in [2.05, 4.69) is 10.6 Å². The number of amides is 2. The highest BCUT2D eigenvalue weighted by atomic mass is 19.1. The number of hydrogen-bond acceptors (Lipinski definition) is 4. The van der Waals surface area contributed by atoms with Gasteiger partial charge in [-0.25, -0.2) is 8.78 Å². The Morgan fingerprint density at radius 1 is 0.467 bits per heavy atom. The van der Waals surface area contributed by atoms with Crippen molar-refractivity contribution in [2.75, 3.05) is 13.2 Å². The van der Waals surface area contributed by atoms with Crippen LogP contribution in [0.25, 0.3) is 0 Å². The number of carbonyl (C=O) groups excluding carboxylic acids is 2. The first-order valence-corrected chi connectivity index (χ1v) is 18.5. The van der Waals surface area contributed by atoms with Gasteiger partial charge in [-0.3, -0.25) is 9.59 Å². The van der Waals surface area contributed by atoms with Crippen molar-refractivity contribution in [2.24, 2.45) is 0 Å². The molecule has 8 heteroatoms. The van der Waals surface area contributed by atoms with E-state index >= 15 is 0 Å². The normalized spacial score (nSPS) is 16.6. The van der Waals surface area contributed by atoms with Gasteiger partial charge >= 0.3 is 0 Å². The molecule has 1 rings (SSSR count). The fourth-order valence-corrected chi connectivity index (χ4v) is 5.68. The van der Waals surface area contributed by atoms with Gasteiger partial charge in [0.15, 0.2) is 11.7 Å². The Balaban J connectivity index is 1.98. The molecule has 262 valence electrons. The Hall–Kier alpha value is -1.80. The van der Waals surface area contributed by atoms with E-state index in [1.165, 1.54) is 102 Å². The molecule has 0 unspecified atom stereocenters. The molecule has 0 aromatic carbocycles. The van der Waals surface area contributed by atoms with Gasteiger partial charge < -0.3 is 20.8 Å². The van der Waals surface area contributed by atoms with Crippen LogP contribution in [0.1, 0.15) is 173 Å². The second-order valence-electron chi connectivity index (χ2n) is 13.0. The third kappa shape index (κ3) is 25.0. The van der Waals surface area contributed by atoms with E-state index in [1.54, 1.807) is 0 Å². The second kappa shape index (κ2) is 29.6. The quantitative estimate of drug-likeness (QED) is 0.0435.